The molecule has 5 heteroatoms. The zero-order chi connectivity index (χ0) is 15.5. The number of carboxylic acid groups (broad SMARTS) is 1. The molecule has 0 spiro atoms. The van der Waals surface area contributed by atoms with Gasteiger partial charge >= 0.3 is 5.97 Å². The van der Waals surface area contributed by atoms with E-state index in [0.717, 1.165) is 32.1 Å². The molecule has 2 saturated heterocycles. The van der Waals surface area contributed by atoms with Gasteiger partial charge in [-0.05, 0) is 65.7 Å². The van der Waals surface area contributed by atoms with E-state index < -0.39 is 11.5 Å². The van der Waals surface area contributed by atoms with E-state index in [1.807, 2.05) is 6.92 Å². The number of aliphatic carboxylic acids is 1. The van der Waals surface area contributed by atoms with E-state index in [-0.39, 0.29) is 0 Å². The summed E-state index contributed by atoms with van der Waals surface area (Å²) in [6.07, 6.45) is 6.22. The van der Waals surface area contributed by atoms with Crippen LogP contribution in [0.25, 0.3) is 0 Å². The molecular formula is C16H31N3O2. The third kappa shape index (κ3) is 3.58. The minimum atomic E-state index is -0.748. The first-order valence-corrected chi connectivity index (χ1v) is 8.39. The number of carbonyl (C=O) groups is 1. The second-order valence-corrected chi connectivity index (χ2v) is 6.73. The quantitative estimate of drug-likeness (QED) is 0.744. The highest BCUT2D eigenvalue weighted by molar-refractivity contribution is 5.78. The molecule has 0 aromatic heterocycles. The van der Waals surface area contributed by atoms with E-state index in [9.17, 15) is 9.90 Å². The first kappa shape index (κ1) is 16.7. The number of fused-ring (bicyclic) bond motifs is 2. The van der Waals surface area contributed by atoms with Gasteiger partial charge in [-0.15, -0.1) is 0 Å². The van der Waals surface area contributed by atoms with Crippen molar-refractivity contribution < 1.29 is 9.90 Å². The Morgan fingerprint density at radius 2 is 2.05 bits per heavy atom. The molecule has 2 aliphatic heterocycles. The van der Waals surface area contributed by atoms with Crippen molar-refractivity contribution in [1.82, 2.24) is 15.1 Å². The van der Waals surface area contributed by atoms with Crippen LogP contribution in [0.5, 0.6) is 0 Å². The van der Waals surface area contributed by atoms with Crippen molar-refractivity contribution in [2.75, 3.05) is 33.7 Å². The molecule has 2 N–H and O–H groups in total. The van der Waals surface area contributed by atoms with Crippen LogP contribution in [0.4, 0.5) is 0 Å². The van der Waals surface area contributed by atoms with Gasteiger partial charge in [0.2, 0.25) is 0 Å². The molecule has 5 nitrogen and oxygen atoms in total. The fourth-order valence-electron chi connectivity index (χ4n) is 4.03. The maximum atomic E-state index is 11.5. The summed E-state index contributed by atoms with van der Waals surface area (Å²) in [7, 11) is 4.02. The van der Waals surface area contributed by atoms with Crippen LogP contribution >= 0.6 is 0 Å². The van der Waals surface area contributed by atoms with Crippen molar-refractivity contribution in [1.29, 1.82) is 0 Å². The predicted molar refractivity (Wildman–Crippen MR) is 84.6 cm³/mol. The van der Waals surface area contributed by atoms with Crippen LogP contribution in [0.15, 0.2) is 0 Å². The molecule has 0 aromatic rings. The molecule has 0 saturated carbocycles. The molecule has 0 amide bonds. The van der Waals surface area contributed by atoms with Crippen molar-refractivity contribution in [3.05, 3.63) is 0 Å². The van der Waals surface area contributed by atoms with E-state index in [4.69, 9.17) is 0 Å². The summed E-state index contributed by atoms with van der Waals surface area (Å²) < 4.78 is 0. The van der Waals surface area contributed by atoms with Crippen LogP contribution in [0.1, 0.15) is 45.4 Å². The Hall–Kier alpha value is -0.650. The lowest BCUT2D eigenvalue weighted by Crippen LogP contribution is -2.50. The number of likely N-dealkylation sites (tertiary alicyclic amines) is 1. The van der Waals surface area contributed by atoms with E-state index in [1.165, 1.54) is 19.3 Å². The molecule has 2 rings (SSSR count). The molecule has 0 aromatic carbocycles. The van der Waals surface area contributed by atoms with Gasteiger partial charge < -0.3 is 15.3 Å². The number of rotatable bonds is 7. The van der Waals surface area contributed by atoms with Gasteiger partial charge in [-0.3, -0.25) is 9.69 Å². The van der Waals surface area contributed by atoms with Crippen LogP contribution in [-0.4, -0.2) is 72.2 Å². The zero-order valence-electron chi connectivity index (χ0n) is 13.8. The summed E-state index contributed by atoms with van der Waals surface area (Å²) in [5.41, 5.74) is -0.748. The summed E-state index contributed by atoms with van der Waals surface area (Å²) in [6, 6.07) is 1.48. The molecule has 3 atom stereocenters. The van der Waals surface area contributed by atoms with E-state index in [1.54, 1.807) is 7.05 Å². The lowest BCUT2D eigenvalue weighted by molar-refractivity contribution is -0.145. The monoisotopic (exact) mass is 297 g/mol. The Balaban J connectivity index is 1.82. The van der Waals surface area contributed by atoms with Gasteiger partial charge in [0.25, 0.3) is 0 Å². The highest BCUT2D eigenvalue weighted by Crippen LogP contribution is 2.28. The predicted octanol–water partition coefficient (Wildman–Crippen LogP) is 1.39. The van der Waals surface area contributed by atoms with Crippen molar-refractivity contribution in [2.45, 2.75) is 63.1 Å². The van der Waals surface area contributed by atoms with Crippen LogP contribution in [-0.2, 0) is 4.79 Å². The van der Waals surface area contributed by atoms with Gasteiger partial charge in [-0.25, -0.2) is 0 Å². The molecule has 2 aliphatic rings. The summed E-state index contributed by atoms with van der Waals surface area (Å²) in [6.45, 7) is 5.29. The Bertz CT molecular complexity index is 357. The smallest absolute Gasteiger partial charge is 0.323 e. The summed E-state index contributed by atoms with van der Waals surface area (Å²) in [5.74, 6) is -0.720. The third-order valence-electron chi connectivity index (χ3n) is 5.80. The lowest BCUT2D eigenvalue weighted by atomic mass is 9.90. The van der Waals surface area contributed by atoms with Crippen molar-refractivity contribution in [3.63, 3.8) is 0 Å². The summed E-state index contributed by atoms with van der Waals surface area (Å²) in [4.78, 5) is 16.6. The normalized spacial score (nSPS) is 30.0. The van der Waals surface area contributed by atoms with E-state index in [2.05, 4.69) is 22.2 Å². The van der Waals surface area contributed by atoms with Crippen LogP contribution in [0.3, 0.4) is 0 Å². The molecule has 0 aliphatic carbocycles. The maximum Gasteiger partial charge on any atom is 0.323 e. The largest absolute Gasteiger partial charge is 0.480 e. The van der Waals surface area contributed by atoms with Crippen molar-refractivity contribution >= 4 is 5.97 Å². The summed E-state index contributed by atoms with van der Waals surface area (Å²) in [5, 5.41) is 12.5. The van der Waals surface area contributed by atoms with Crippen LogP contribution in [0, 0.1) is 0 Å². The lowest BCUT2D eigenvalue weighted by Gasteiger charge is -2.30. The Morgan fingerprint density at radius 3 is 2.67 bits per heavy atom. The van der Waals surface area contributed by atoms with Gasteiger partial charge in [0.1, 0.15) is 5.54 Å². The average Bonchev–Trinajstić information content (AvgIpc) is 2.71. The van der Waals surface area contributed by atoms with Crippen molar-refractivity contribution in [2.24, 2.45) is 0 Å². The molecule has 2 fully saturated rings. The molecule has 3 unspecified atom stereocenters. The Labute approximate surface area is 128 Å². The third-order valence-corrected chi connectivity index (χ3v) is 5.80. The number of hydrogen-bond donors (Lipinski definition) is 2. The number of nitrogens with one attached hydrogen (secondary N) is 1. The summed E-state index contributed by atoms with van der Waals surface area (Å²) >= 11 is 0. The number of likely N-dealkylation sites (N-methyl/N-ethyl adjacent to an activating group) is 2. The molecular weight excluding hydrogens is 266 g/mol. The number of nitrogens with zero attached hydrogens (tertiary/aromatic N) is 2. The van der Waals surface area contributed by atoms with Crippen LogP contribution < -0.4 is 5.32 Å². The maximum absolute atomic E-state index is 11.5. The minimum Gasteiger partial charge on any atom is -0.480 e. The van der Waals surface area contributed by atoms with E-state index >= 15 is 0 Å². The molecule has 2 heterocycles. The average molecular weight is 297 g/mol. The standard InChI is InChI=1S/C16H31N3O2/c1-4-16(17-2,15(20)21)9-5-10-19-11-8-13-6-7-14(12-19)18(13)3/h13-14,17H,4-12H2,1-3H3,(H,20,21). The Kier molecular flexibility index (Phi) is 5.63. The number of hydrogen-bond acceptors (Lipinski definition) is 4. The topological polar surface area (TPSA) is 55.8 Å². The van der Waals surface area contributed by atoms with Gasteiger partial charge in [-0.2, -0.15) is 0 Å². The zero-order valence-corrected chi connectivity index (χ0v) is 13.8. The highest BCUT2D eigenvalue weighted by Gasteiger charge is 2.36. The first-order chi connectivity index (χ1) is 10.0. The Morgan fingerprint density at radius 1 is 1.33 bits per heavy atom. The van der Waals surface area contributed by atoms with Crippen molar-refractivity contribution in [3.8, 4) is 0 Å². The highest BCUT2D eigenvalue weighted by atomic mass is 16.4. The fourth-order valence-corrected chi connectivity index (χ4v) is 4.03. The fraction of sp³-hybridized carbons (Fsp3) is 0.938. The second kappa shape index (κ2) is 7.07. The van der Waals surface area contributed by atoms with E-state index in [0.29, 0.717) is 18.9 Å². The van der Waals surface area contributed by atoms with Gasteiger partial charge in [0.05, 0.1) is 0 Å². The molecule has 0 radical (unpaired) electrons. The second-order valence-electron chi connectivity index (χ2n) is 6.73. The van der Waals surface area contributed by atoms with Gasteiger partial charge in [-0.1, -0.05) is 6.92 Å². The van der Waals surface area contributed by atoms with Crippen LogP contribution in [0.2, 0.25) is 0 Å². The van der Waals surface area contributed by atoms with Gasteiger partial charge in [0.15, 0.2) is 0 Å². The number of carboxylic acids is 1. The van der Waals surface area contributed by atoms with Gasteiger partial charge in [0, 0.05) is 18.6 Å². The minimum absolute atomic E-state index is 0.631. The SMILES string of the molecule is CCC(CCCN1CCC2CCC(C1)N2C)(NC)C(=O)O. The molecule has 2 bridgehead atoms. The molecule has 122 valence electrons. The first-order valence-electron chi connectivity index (χ1n) is 8.39. The molecule has 21 heavy (non-hydrogen) atoms.